The van der Waals surface area contributed by atoms with Crippen molar-refractivity contribution < 1.29 is 14.3 Å². The van der Waals surface area contributed by atoms with Crippen molar-refractivity contribution in [2.24, 2.45) is 0 Å². The summed E-state index contributed by atoms with van der Waals surface area (Å²) < 4.78 is 5.33. The second-order valence-corrected chi connectivity index (χ2v) is 5.14. The Labute approximate surface area is 114 Å². The van der Waals surface area contributed by atoms with E-state index < -0.39 is 11.6 Å². The molecular formula is C13H25N3O3. The van der Waals surface area contributed by atoms with Gasteiger partial charge in [-0.15, -0.1) is 0 Å². The van der Waals surface area contributed by atoms with E-state index in [1.54, 1.807) is 4.90 Å². The van der Waals surface area contributed by atoms with Crippen molar-refractivity contribution in [3.63, 3.8) is 0 Å². The molecule has 0 bridgehead atoms. The lowest BCUT2D eigenvalue weighted by Crippen LogP contribution is -2.62. The number of morpholine rings is 1. The summed E-state index contributed by atoms with van der Waals surface area (Å²) in [6, 6.07) is -0.529. The van der Waals surface area contributed by atoms with E-state index in [4.69, 9.17) is 4.74 Å². The predicted octanol–water partition coefficient (Wildman–Crippen LogP) is -0.262. The highest BCUT2D eigenvalue weighted by Gasteiger charge is 2.39. The molecule has 6 heteroatoms. The summed E-state index contributed by atoms with van der Waals surface area (Å²) in [5, 5.41) is 5.90. The monoisotopic (exact) mass is 271 g/mol. The molecule has 0 saturated carbocycles. The topological polar surface area (TPSA) is 70.7 Å². The van der Waals surface area contributed by atoms with Crippen LogP contribution < -0.4 is 10.6 Å². The Hall–Kier alpha value is -1.14. The van der Waals surface area contributed by atoms with Crippen molar-refractivity contribution >= 4 is 11.8 Å². The van der Waals surface area contributed by atoms with Gasteiger partial charge in [0.15, 0.2) is 0 Å². The summed E-state index contributed by atoms with van der Waals surface area (Å²) in [6.45, 7) is 9.93. The van der Waals surface area contributed by atoms with Crippen LogP contribution in [0.1, 0.15) is 27.7 Å². The number of nitrogens with zero attached hydrogens (tertiary/aromatic N) is 1. The molecule has 2 amide bonds. The second-order valence-electron chi connectivity index (χ2n) is 5.14. The van der Waals surface area contributed by atoms with Gasteiger partial charge in [0.2, 0.25) is 11.8 Å². The fraction of sp³-hybridized carbons (Fsp3) is 0.846. The normalized spacial score (nSPS) is 20.2. The molecule has 1 aliphatic heterocycles. The summed E-state index contributed by atoms with van der Waals surface area (Å²) in [4.78, 5) is 26.2. The smallest absolute Gasteiger partial charge is 0.245 e. The second kappa shape index (κ2) is 6.86. The van der Waals surface area contributed by atoms with Gasteiger partial charge in [-0.1, -0.05) is 6.92 Å². The van der Waals surface area contributed by atoms with Crippen LogP contribution in [-0.4, -0.2) is 61.1 Å². The molecule has 1 fully saturated rings. The molecule has 0 aromatic heterocycles. The third-order valence-electron chi connectivity index (χ3n) is 3.20. The van der Waals surface area contributed by atoms with Gasteiger partial charge in [0, 0.05) is 13.1 Å². The van der Waals surface area contributed by atoms with Gasteiger partial charge in [0.25, 0.3) is 0 Å². The van der Waals surface area contributed by atoms with Gasteiger partial charge in [0.1, 0.15) is 6.04 Å². The minimum Gasteiger partial charge on any atom is -0.377 e. The first-order valence-corrected chi connectivity index (χ1v) is 6.85. The molecule has 19 heavy (non-hydrogen) atoms. The molecule has 0 radical (unpaired) electrons. The van der Waals surface area contributed by atoms with Gasteiger partial charge in [-0.2, -0.15) is 0 Å². The molecule has 0 aliphatic carbocycles. The zero-order valence-electron chi connectivity index (χ0n) is 12.3. The molecule has 1 aliphatic rings. The first-order valence-electron chi connectivity index (χ1n) is 6.85. The van der Waals surface area contributed by atoms with Crippen molar-refractivity contribution in [3.05, 3.63) is 0 Å². The molecule has 0 spiro atoms. The van der Waals surface area contributed by atoms with Crippen LogP contribution in [0.2, 0.25) is 0 Å². The van der Waals surface area contributed by atoms with Gasteiger partial charge in [-0.25, -0.2) is 0 Å². The van der Waals surface area contributed by atoms with Crippen LogP contribution >= 0.6 is 0 Å². The minimum absolute atomic E-state index is 0.0612. The van der Waals surface area contributed by atoms with Gasteiger partial charge in [0.05, 0.1) is 18.8 Å². The number of nitrogens with one attached hydrogen (secondary N) is 2. The quantitative estimate of drug-likeness (QED) is 0.722. The van der Waals surface area contributed by atoms with E-state index in [2.05, 4.69) is 10.6 Å². The Morgan fingerprint density at radius 1 is 1.32 bits per heavy atom. The summed E-state index contributed by atoms with van der Waals surface area (Å²) in [7, 11) is 0. The lowest BCUT2D eigenvalue weighted by molar-refractivity contribution is -0.152. The standard InChI is InChI=1S/C13H25N3O3/c1-5-14-11(17)10-9-19-8-7-16(10)12(18)13(3,4)15-6-2/h10,15H,5-9H2,1-4H3,(H,14,17). The first-order chi connectivity index (χ1) is 8.94. The van der Waals surface area contributed by atoms with Crippen molar-refractivity contribution in [2.75, 3.05) is 32.8 Å². The highest BCUT2D eigenvalue weighted by Crippen LogP contribution is 2.15. The average molecular weight is 271 g/mol. The molecule has 1 unspecified atom stereocenters. The molecular weight excluding hydrogens is 246 g/mol. The SMILES string of the molecule is CCNC(=O)C1COCCN1C(=O)C(C)(C)NCC. The molecule has 0 aromatic rings. The molecule has 110 valence electrons. The van der Waals surface area contributed by atoms with Gasteiger partial charge in [-0.3, -0.25) is 9.59 Å². The van der Waals surface area contributed by atoms with Crippen LogP contribution in [0.4, 0.5) is 0 Å². The summed E-state index contributed by atoms with van der Waals surface area (Å²) in [5.74, 6) is -0.211. The molecule has 1 rings (SSSR count). The molecule has 6 nitrogen and oxygen atoms in total. The van der Waals surface area contributed by atoms with Crippen LogP contribution in [0.3, 0.4) is 0 Å². The Bertz CT molecular complexity index is 331. The van der Waals surface area contributed by atoms with E-state index >= 15 is 0 Å². The van der Waals surface area contributed by atoms with Gasteiger partial charge in [-0.05, 0) is 27.3 Å². The Kier molecular flexibility index (Phi) is 5.75. The number of ether oxygens (including phenoxy) is 1. The maximum Gasteiger partial charge on any atom is 0.245 e. The average Bonchev–Trinajstić information content (AvgIpc) is 2.38. The van der Waals surface area contributed by atoms with Crippen molar-refractivity contribution in [2.45, 2.75) is 39.3 Å². The first kappa shape index (κ1) is 15.9. The largest absolute Gasteiger partial charge is 0.377 e. The third-order valence-corrected chi connectivity index (χ3v) is 3.20. The number of hydrogen-bond donors (Lipinski definition) is 2. The van der Waals surface area contributed by atoms with E-state index in [1.807, 2.05) is 27.7 Å². The number of hydrogen-bond acceptors (Lipinski definition) is 4. The zero-order valence-corrected chi connectivity index (χ0v) is 12.3. The summed E-state index contributed by atoms with van der Waals surface area (Å²) >= 11 is 0. The Morgan fingerprint density at radius 3 is 2.58 bits per heavy atom. The number of carbonyl (C=O) groups excluding carboxylic acids is 2. The molecule has 1 atom stereocenters. The maximum atomic E-state index is 12.6. The predicted molar refractivity (Wildman–Crippen MR) is 72.8 cm³/mol. The number of carbonyl (C=O) groups is 2. The fourth-order valence-electron chi connectivity index (χ4n) is 2.23. The van der Waals surface area contributed by atoms with Gasteiger partial charge >= 0.3 is 0 Å². The highest BCUT2D eigenvalue weighted by atomic mass is 16.5. The number of amides is 2. The van der Waals surface area contributed by atoms with Crippen LogP contribution in [0, 0.1) is 0 Å². The lowest BCUT2D eigenvalue weighted by atomic mass is 10.0. The van der Waals surface area contributed by atoms with Crippen LogP contribution in [-0.2, 0) is 14.3 Å². The Balaban J connectivity index is 2.82. The van der Waals surface area contributed by atoms with E-state index in [9.17, 15) is 9.59 Å². The molecule has 2 N–H and O–H groups in total. The zero-order chi connectivity index (χ0) is 14.5. The molecule has 1 saturated heterocycles. The summed E-state index contributed by atoms with van der Waals surface area (Å²) in [6.07, 6.45) is 0. The van der Waals surface area contributed by atoms with Crippen molar-refractivity contribution in [3.8, 4) is 0 Å². The Morgan fingerprint density at radius 2 is 2.00 bits per heavy atom. The van der Waals surface area contributed by atoms with E-state index in [0.29, 0.717) is 26.2 Å². The minimum atomic E-state index is -0.670. The lowest BCUT2D eigenvalue weighted by Gasteiger charge is -2.39. The van der Waals surface area contributed by atoms with Gasteiger partial charge < -0.3 is 20.3 Å². The third kappa shape index (κ3) is 3.91. The highest BCUT2D eigenvalue weighted by molar-refractivity contribution is 5.92. The van der Waals surface area contributed by atoms with Crippen LogP contribution in [0.15, 0.2) is 0 Å². The number of rotatable bonds is 5. The van der Waals surface area contributed by atoms with Crippen molar-refractivity contribution in [1.82, 2.24) is 15.5 Å². The summed E-state index contributed by atoms with van der Waals surface area (Å²) in [5.41, 5.74) is -0.670. The molecule has 0 aromatic carbocycles. The van der Waals surface area contributed by atoms with E-state index in [0.717, 1.165) is 0 Å². The van der Waals surface area contributed by atoms with Crippen LogP contribution in [0.25, 0.3) is 0 Å². The van der Waals surface area contributed by atoms with Crippen molar-refractivity contribution in [1.29, 1.82) is 0 Å². The fourth-order valence-corrected chi connectivity index (χ4v) is 2.23. The van der Waals surface area contributed by atoms with Crippen LogP contribution in [0.5, 0.6) is 0 Å². The number of likely N-dealkylation sites (N-methyl/N-ethyl adjacent to an activating group) is 2. The molecule has 1 heterocycles. The van der Waals surface area contributed by atoms with E-state index in [1.165, 1.54) is 0 Å². The maximum absolute atomic E-state index is 12.6. The van der Waals surface area contributed by atoms with E-state index in [-0.39, 0.29) is 18.4 Å².